The number of sulfonamides is 1. The number of amides is 2. The van der Waals surface area contributed by atoms with Crippen LogP contribution in [0.4, 0.5) is 5.69 Å². The molecule has 0 aliphatic carbocycles. The Balaban J connectivity index is 2.02. The molecule has 3 rings (SSSR count). The number of hydrogen-bond acceptors (Lipinski definition) is 4. The van der Waals surface area contributed by atoms with E-state index in [1.807, 2.05) is 6.92 Å². The van der Waals surface area contributed by atoms with E-state index >= 15 is 0 Å². The highest BCUT2D eigenvalue weighted by Gasteiger charge is 2.32. The third-order valence-electron chi connectivity index (χ3n) is 5.80. The fourth-order valence-electron chi connectivity index (χ4n) is 3.67. The number of rotatable bonds is 11. The molecule has 38 heavy (non-hydrogen) atoms. The minimum Gasteiger partial charge on any atom is -0.354 e. The Morgan fingerprint density at radius 1 is 1.00 bits per heavy atom. The molecule has 3 aromatic rings. The summed E-state index contributed by atoms with van der Waals surface area (Å²) in [5, 5.41) is 3.56. The number of anilines is 1. The minimum absolute atomic E-state index is 0.0187. The van der Waals surface area contributed by atoms with Gasteiger partial charge in [-0.05, 0) is 67.4 Å². The molecule has 0 aliphatic rings. The first-order chi connectivity index (χ1) is 18.0. The lowest BCUT2D eigenvalue weighted by atomic mass is 10.1. The van der Waals surface area contributed by atoms with Gasteiger partial charge in [0.2, 0.25) is 11.8 Å². The molecule has 2 amide bonds. The van der Waals surface area contributed by atoms with Crippen molar-refractivity contribution in [1.29, 1.82) is 0 Å². The fourth-order valence-corrected chi connectivity index (χ4v) is 5.84. The van der Waals surface area contributed by atoms with E-state index in [0.29, 0.717) is 27.8 Å². The van der Waals surface area contributed by atoms with Crippen molar-refractivity contribution in [1.82, 2.24) is 10.2 Å². The fraction of sp³-hybridized carbons (Fsp3) is 0.259. The first kappa shape index (κ1) is 30.0. The zero-order valence-corrected chi connectivity index (χ0v) is 24.8. The van der Waals surface area contributed by atoms with Crippen LogP contribution in [0.1, 0.15) is 25.8 Å². The molecule has 0 saturated heterocycles. The number of nitrogens with zero attached hydrogens (tertiary/aromatic N) is 2. The lowest BCUT2D eigenvalue weighted by Crippen LogP contribution is -2.51. The Morgan fingerprint density at radius 2 is 1.66 bits per heavy atom. The van der Waals surface area contributed by atoms with Crippen LogP contribution in [0.15, 0.2) is 82.2 Å². The molecule has 0 saturated carbocycles. The molecule has 1 N–H and O–H groups in total. The van der Waals surface area contributed by atoms with Gasteiger partial charge in [-0.2, -0.15) is 0 Å². The van der Waals surface area contributed by atoms with Crippen molar-refractivity contribution in [2.75, 3.05) is 17.4 Å². The summed E-state index contributed by atoms with van der Waals surface area (Å²) >= 11 is 15.8. The van der Waals surface area contributed by atoms with Crippen LogP contribution in [0.3, 0.4) is 0 Å². The van der Waals surface area contributed by atoms with Gasteiger partial charge in [0.05, 0.1) is 10.6 Å². The predicted molar refractivity (Wildman–Crippen MR) is 155 cm³/mol. The van der Waals surface area contributed by atoms with E-state index in [1.165, 1.54) is 17.0 Å². The quantitative estimate of drug-likeness (QED) is 0.283. The van der Waals surface area contributed by atoms with Crippen LogP contribution in [0, 0.1) is 0 Å². The molecule has 0 fully saturated rings. The molecule has 0 aromatic heterocycles. The predicted octanol–water partition coefficient (Wildman–Crippen LogP) is 5.89. The van der Waals surface area contributed by atoms with E-state index < -0.39 is 28.5 Å². The van der Waals surface area contributed by atoms with Crippen molar-refractivity contribution < 1.29 is 18.0 Å². The van der Waals surface area contributed by atoms with Crippen molar-refractivity contribution in [2.45, 2.75) is 37.8 Å². The van der Waals surface area contributed by atoms with Gasteiger partial charge in [-0.25, -0.2) is 8.42 Å². The molecule has 0 radical (unpaired) electrons. The maximum atomic E-state index is 13.8. The minimum atomic E-state index is -4.12. The molecule has 0 aliphatic heterocycles. The van der Waals surface area contributed by atoms with E-state index in [2.05, 4.69) is 21.2 Å². The Bertz CT molecular complexity index is 1370. The summed E-state index contributed by atoms with van der Waals surface area (Å²) in [7, 11) is -4.12. The average molecular weight is 641 g/mol. The number of nitrogens with one attached hydrogen (secondary N) is 1. The Morgan fingerprint density at radius 3 is 2.26 bits per heavy atom. The van der Waals surface area contributed by atoms with Gasteiger partial charge >= 0.3 is 0 Å². The van der Waals surface area contributed by atoms with Gasteiger partial charge in [0.25, 0.3) is 10.0 Å². The van der Waals surface area contributed by atoms with Gasteiger partial charge in [-0.3, -0.25) is 13.9 Å². The third-order valence-corrected chi connectivity index (χ3v) is 8.70. The van der Waals surface area contributed by atoms with Crippen molar-refractivity contribution in [3.05, 3.63) is 92.9 Å². The standard InChI is InChI=1S/C27H28BrCl2N3O4S/c1-3-15-31-27(35)19(2)32(17-20-9-12-22(29)16-25(20)30)26(34)18-33(23-13-10-21(28)11-14-23)38(36,37)24-7-5-4-6-8-24/h4-14,16,19H,3,15,17-18H2,1-2H3,(H,31,35)/t19-/m1/s1. The van der Waals surface area contributed by atoms with E-state index in [4.69, 9.17) is 23.2 Å². The molecule has 0 bridgehead atoms. The Kier molecular flexibility index (Phi) is 10.6. The second-order valence-electron chi connectivity index (χ2n) is 8.53. The number of carbonyl (C=O) groups is 2. The molecule has 11 heteroatoms. The number of halogens is 3. The SMILES string of the molecule is CCCNC(=O)[C@@H](C)N(Cc1ccc(Cl)cc1Cl)C(=O)CN(c1ccc(Br)cc1)S(=O)(=O)c1ccccc1. The summed E-state index contributed by atoms with van der Waals surface area (Å²) in [6.07, 6.45) is 0.724. The van der Waals surface area contributed by atoms with Crippen LogP contribution < -0.4 is 9.62 Å². The summed E-state index contributed by atoms with van der Waals surface area (Å²) in [5.41, 5.74) is 0.874. The summed E-state index contributed by atoms with van der Waals surface area (Å²) < 4.78 is 29.2. The maximum absolute atomic E-state index is 13.8. The smallest absolute Gasteiger partial charge is 0.264 e. The molecule has 0 heterocycles. The van der Waals surface area contributed by atoms with Crippen LogP contribution in [0.5, 0.6) is 0 Å². The maximum Gasteiger partial charge on any atom is 0.264 e. The molecule has 3 aromatic carbocycles. The lowest BCUT2D eigenvalue weighted by molar-refractivity contribution is -0.139. The highest BCUT2D eigenvalue weighted by atomic mass is 79.9. The van der Waals surface area contributed by atoms with Crippen LogP contribution in [0.25, 0.3) is 0 Å². The zero-order valence-electron chi connectivity index (χ0n) is 20.9. The number of carbonyl (C=O) groups excluding carboxylic acids is 2. The van der Waals surface area contributed by atoms with Gasteiger partial charge in [0.15, 0.2) is 0 Å². The molecule has 0 unspecified atom stereocenters. The molecular weight excluding hydrogens is 613 g/mol. The summed E-state index contributed by atoms with van der Waals surface area (Å²) in [6.45, 7) is 3.42. The van der Waals surface area contributed by atoms with Crippen LogP contribution >= 0.6 is 39.1 Å². The normalized spacial score (nSPS) is 12.0. The lowest BCUT2D eigenvalue weighted by Gasteiger charge is -2.32. The molecular formula is C27H28BrCl2N3O4S. The zero-order chi connectivity index (χ0) is 27.9. The van der Waals surface area contributed by atoms with Gasteiger partial charge in [0.1, 0.15) is 12.6 Å². The number of hydrogen-bond donors (Lipinski definition) is 1. The number of benzene rings is 3. The van der Waals surface area contributed by atoms with Gasteiger partial charge in [-0.15, -0.1) is 0 Å². The highest BCUT2D eigenvalue weighted by molar-refractivity contribution is 9.10. The highest BCUT2D eigenvalue weighted by Crippen LogP contribution is 2.27. The van der Waals surface area contributed by atoms with E-state index in [0.717, 1.165) is 15.2 Å². The largest absolute Gasteiger partial charge is 0.354 e. The van der Waals surface area contributed by atoms with Gasteiger partial charge in [0, 0.05) is 27.6 Å². The molecule has 1 atom stereocenters. The summed E-state index contributed by atoms with van der Waals surface area (Å²) in [4.78, 5) is 28.1. The van der Waals surface area contributed by atoms with Gasteiger partial charge < -0.3 is 10.2 Å². The van der Waals surface area contributed by atoms with Crippen LogP contribution in [0.2, 0.25) is 10.0 Å². The molecule has 0 spiro atoms. The first-order valence-corrected chi connectivity index (χ1v) is 14.9. The van der Waals surface area contributed by atoms with E-state index in [9.17, 15) is 18.0 Å². The Hall–Kier alpha value is -2.59. The van der Waals surface area contributed by atoms with Crippen molar-refractivity contribution in [3.8, 4) is 0 Å². The third kappa shape index (κ3) is 7.50. The van der Waals surface area contributed by atoms with Crippen molar-refractivity contribution >= 4 is 66.7 Å². The Labute approximate surface area is 241 Å². The monoisotopic (exact) mass is 639 g/mol. The first-order valence-electron chi connectivity index (χ1n) is 11.9. The second-order valence-corrected chi connectivity index (χ2v) is 12.1. The second kappa shape index (κ2) is 13.5. The average Bonchev–Trinajstić information content (AvgIpc) is 2.90. The van der Waals surface area contributed by atoms with Crippen molar-refractivity contribution in [3.63, 3.8) is 0 Å². The van der Waals surface area contributed by atoms with E-state index in [-0.39, 0.29) is 17.3 Å². The molecule has 202 valence electrons. The topological polar surface area (TPSA) is 86.8 Å². The summed E-state index contributed by atoms with van der Waals surface area (Å²) in [5.74, 6) is -0.927. The van der Waals surface area contributed by atoms with Gasteiger partial charge in [-0.1, -0.05) is 70.3 Å². The molecule has 7 nitrogen and oxygen atoms in total. The summed E-state index contributed by atoms with van der Waals surface area (Å²) in [6, 6.07) is 18.5. The van der Waals surface area contributed by atoms with Crippen molar-refractivity contribution in [2.24, 2.45) is 0 Å². The van der Waals surface area contributed by atoms with E-state index in [1.54, 1.807) is 67.6 Å². The van der Waals surface area contributed by atoms with Crippen LogP contribution in [-0.2, 0) is 26.2 Å². The van der Waals surface area contributed by atoms with Crippen LogP contribution in [-0.4, -0.2) is 44.3 Å².